The molecule has 24 heavy (non-hydrogen) atoms. The Morgan fingerprint density at radius 3 is 2.67 bits per heavy atom. The van der Waals surface area contributed by atoms with Crippen LogP contribution in [0, 0.1) is 0 Å². The molecule has 1 aliphatic rings. The first kappa shape index (κ1) is 17.2. The Bertz CT molecular complexity index is 726. The van der Waals surface area contributed by atoms with Gasteiger partial charge in [-0.2, -0.15) is 0 Å². The smallest absolute Gasteiger partial charge is 0.224 e. The van der Waals surface area contributed by atoms with Crippen molar-refractivity contribution in [2.45, 2.75) is 51.5 Å². The molecule has 2 nitrogen and oxygen atoms in total. The SMILES string of the molecule is CC[C@@H](NC(=O)Cc1cccc(Br)c1)c1ccc2c(c1)CCCC2. The lowest BCUT2D eigenvalue weighted by Crippen LogP contribution is -2.29. The van der Waals surface area contributed by atoms with E-state index in [1.165, 1.54) is 42.4 Å². The number of fused-ring (bicyclic) bond motifs is 1. The summed E-state index contributed by atoms with van der Waals surface area (Å²) in [4.78, 5) is 12.4. The third kappa shape index (κ3) is 4.27. The minimum Gasteiger partial charge on any atom is -0.349 e. The quantitative estimate of drug-likeness (QED) is 0.758. The van der Waals surface area contributed by atoms with Crippen molar-refractivity contribution in [2.75, 3.05) is 0 Å². The summed E-state index contributed by atoms with van der Waals surface area (Å²) in [5.41, 5.74) is 5.22. The molecule has 0 aromatic heterocycles. The second-order valence-electron chi connectivity index (χ2n) is 6.57. The first-order valence-electron chi connectivity index (χ1n) is 8.81. The minimum atomic E-state index is 0.0812. The maximum atomic E-state index is 12.4. The van der Waals surface area contributed by atoms with E-state index >= 15 is 0 Å². The molecule has 0 saturated heterocycles. The highest BCUT2D eigenvalue weighted by atomic mass is 79.9. The van der Waals surface area contributed by atoms with Gasteiger partial charge in [-0.15, -0.1) is 0 Å². The van der Waals surface area contributed by atoms with Gasteiger partial charge in [-0.25, -0.2) is 0 Å². The van der Waals surface area contributed by atoms with E-state index in [0.717, 1.165) is 16.5 Å². The highest BCUT2D eigenvalue weighted by Crippen LogP contribution is 2.26. The van der Waals surface area contributed by atoms with Gasteiger partial charge in [0.15, 0.2) is 0 Å². The van der Waals surface area contributed by atoms with Crippen LogP contribution in [-0.4, -0.2) is 5.91 Å². The number of carbonyl (C=O) groups excluding carboxylic acids is 1. The molecule has 1 atom stereocenters. The van der Waals surface area contributed by atoms with Gasteiger partial charge >= 0.3 is 0 Å². The lowest BCUT2D eigenvalue weighted by atomic mass is 9.88. The van der Waals surface area contributed by atoms with Crippen LogP contribution >= 0.6 is 15.9 Å². The van der Waals surface area contributed by atoms with Crippen LogP contribution in [0.5, 0.6) is 0 Å². The number of hydrogen-bond donors (Lipinski definition) is 1. The third-order valence-electron chi connectivity index (χ3n) is 4.77. The fraction of sp³-hybridized carbons (Fsp3) is 0.381. The maximum Gasteiger partial charge on any atom is 0.224 e. The van der Waals surface area contributed by atoms with Crippen molar-refractivity contribution < 1.29 is 4.79 Å². The largest absolute Gasteiger partial charge is 0.349 e. The summed E-state index contributed by atoms with van der Waals surface area (Å²) in [5.74, 6) is 0.0812. The molecule has 2 aromatic rings. The van der Waals surface area contributed by atoms with E-state index in [2.05, 4.69) is 46.4 Å². The van der Waals surface area contributed by atoms with Crippen LogP contribution in [0.1, 0.15) is 54.5 Å². The second kappa shape index (κ2) is 7.98. The zero-order valence-electron chi connectivity index (χ0n) is 14.1. The zero-order valence-corrected chi connectivity index (χ0v) is 15.7. The number of nitrogens with one attached hydrogen (secondary N) is 1. The summed E-state index contributed by atoms with van der Waals surface area (Å²) >= 11 is 3.46. The monoisotopic (exact) mass is 385 g/mol. The predicted molar refractivity (Wildman–Crippen MR) is 102 cm³/mol. The summed E-state index contributed by atoms with van der Waals surface area (Å²) < 4.78 is 1.01. The van der Waals surface area contributed by atoms with Crippen molar-refractivity contribution in [2.24, 2.45) is 0 Å². The molecular formula is C21H24BrNO. The van der Waals surface area contributed by atoms with Gasteiger partial charge in [-0.1, -0.05) is 53.2 Å². The van der Waals surface area contributed by atoms with Crippen molar-refractivity contribution in [1.29, 1.82) is 0 Å². The number of hydrogen-bond acceptors (Lipinski definition) is 1. The molecule has 0 radical (unpaired) electrons. The Balaban J connectivity index is 1.69. The molecule has 0 unspecified atom stereocenters. The fourth-order valence-corrected chi connectivity index (χ4v) is 3.92. The Morgan fingerprint density at radius 2 is 1.92 bits per heavy atom. The van der Waals surface area contributed by atoms with Crippen molar-refractivity contribution in [3.63, 3.8) is 0 Å². The van der Waals surface area contributed by atoms with Crippen LogP contribution in [0.2, 0.25) is 0 Å². The molecule has 126 valence electrons. The van der Waals surface area contributed by atoms with E-state index in [-0.39, 0.29) is 11.9 Å². The molecule has 1 N–H and O–H groups in total. The summed E-state index contributed by atoms with van der Waals surface area (Å²) in [6.45, 7) is 2.13. The van der Waals surface area contributed by atoms with Gasteiger partial charge in [0.05, 0.1) is 12.5 Å². The zero-order chi connectivity index (χ0) is 16.9. The standard InChI is InChI=1S/C21H24BrNO/c1-2-20(18-11-10-16-7-3-4-8-17(16)14-18)23-21(24)13-15-6-5-9-19(22)12-15/h5-6,9-12,14,20H,2-4,7-8,13H2,1H3,(H,23,24)/t20-/m1/s1. The van der Waals surface area contributed by atoms with Crippen molar-refractivity contribution in [3.8, 4) is 0 Å². The summed E-state index contributed by atoms with van der Waals surface area (Å²) in [7, 11) is 0. The van der Waals surface area contributed by atoms with Gasteiger partial charge in [0.25, 0.3) is 0 Å². The van der Waals surface area contributed by atoms with Gasteiger partial charge in [-0.05, 0) is 66.5 Å². The van der Waals surface area contributed by atoms with E-state index in [0.29, 0.717) is 6.42 Å². The van der Waals surface area contributed by atoms with Gasteiger partial charge in [0, 0.05) is 4.47 Å². The lowest BCUT2D eigenvalue weighted by Gasteiger charge is -2.22. The van der Waals surface area contributed by atoms with Crippen LogP contribution in [0.25, 0.3) is 0 Å². The van der Waals surface area contributed by atoms with E-state index in [1.807, 2.05) is 24.3 Å². The molecule has 0 heterocycles. The lowest BCUT2D eigenvalue weighted by molar-refractivity contribution is -0.121. The summed E-state index contributed by atoms with van der Waals surface area (Å²) in [5, 5.41) is 3.20. The van der Waals surface area contributed by atoms with Crippen LogP contribution < -0.4 is 5.32 Å². The molecule has 0 saturated carbocycles. The van der Waals surface area contributed by atoms with Crippen LogP contribution in [0.4, 0.5) is 0 Å². The molecule has 1 aliphatic carbocycles. The number of benzene rings is 2. The molecule has 3 rings (SSSR count). The average molecular weight is 386 g/mol. The maximum absolute atomic E-state index is 12.4. The number of rotatable bonds is 5. The molecule has 2 aromatic carbocycles. The Morgan fingerprint density at radius 1 is 1.12 bits per heavy atom. The summed E-state index contributed by atoms with van der Waals surface area (Å²) in [6, 6.07) is 14.8. The Kier molecular flexibility index (Phi) is 5.72. The van der Waals surface area contributed by atoms with E-state index < -0.39 is 0 Å². The van der Waals surface area contributed by atoms with Gasteiger partial charge in [0.1, 0.15) is 0 Å². The number of halogens is 1. The molecule has 0 aliphatic heterocycles. The highest BCUT2D eigenvalue weighted by molar-refractivity contribution is 9.10. The van der Waals surface area contributed by atoms with Crippen LogP contribution in [0.3, 0.4) is 0 Å². The molecule has 0 spiro atoms. The number of aryl methyl sites for hydroxylation is 2. The average Bonchev–Trinajstić information content (AvgIpc) is 2.59. The fourth-order valence-electron chi connectivity index (χ4n) is 3.47. The van der Waals surface area contributed by atoms with Crippen molar-refractivity contribution >= 4 is 21.8 Å². The normalized spacial score (nSPS) is 14.8. The first-order valence-corrected chi connectivity index (χ1v) is 9.60. The summed E-state index contributed by atoms with van der Waals surface area (Å²) in [6.07, 6.45) is 6.27. The predicted octanol–water partition coefficient (Wildman–Crippen LogP) is 5.14. The molecule has 0 bridgehead atoms. The van der Waals surface area contributed by atoms with Crippen LogP contribution in [0.15, 0.2) is 46.9 Å². The Labute approximate surface area is 152 Å². The van der Waals surface area contributed by atoms with Gasteiger partial charge in [-0.3, -0.25) is 4.79 Å². The molecular weight excluding hydrogens is 362 g/mol. The van der Waals surface area contributed by atoms with Gasteiger partial charge in [0.2, 0.25) is 5.91 Å². The van der Waals surface area contributed by atoms with Crippen LogP contribution in [-0.2, 0) is 24.1 Å². The van der Waals surface area contributed by atoms with Crippen molar-refractivity contribution in [1.82, 2.24) is 5.32 Å². The number of amides is 1. The van der Waals surface area contributed by atoms with Gasteiger partial charge < -0.3 is 5.32 Å². The molecule has 1 amide bonds. The topological polar surface area (TPSA) is 29.1 Å². The van der Waals surface area contributed by atoms with E-state index in [4.69, 9.17) is 0 Å². The van der Waals surface area contributed by atoms with Crippen molar-refractivity contribution in [3.05, 3.63) is 69.2 Å². The Hall–Kier alpha value is -1.61. The third-order valence-corrected chi connectivity index (χ3v) is 5.27. The second-order valence-corrected chi connectivity index (χ2v) is 7.49. The molecule has 0 fully saturated rings. The highest BCUT2D eigenvalue weighted by Gasteiger charge is 2.16. The van der Waals surface area contributed by atoms with E-state index in [9.17, 15) is 4.79 Å². The minimum absolute atomic E-state index is 0.0812. The first-order chi connectivity index (χ1) is 11.7. The molecule has 3 heteroatoms. The van der Waals surface area contributed by atoms with E-state index in [1.54, 1.807) is 0 Å². The number of carbonyl (C=O) groups is 1.